The van der Waals surface area contributed by atoms with Gasteiger partial charge >= 0.3 is 0 Å². The van der Waals surface area contributed by atoms with Crippen LogP contribution >= 0.6 is 22.5 Å². The van der Waals surface area contributed by atoms with Gasteiger partial charge in [-0.15, -0.1) is 11.7 Å². The quantitative estimate of drug-likeness (QED) is 0.240. The van der Waals surface area contributed by atoms with E-state index in [0.29, 0.717) is 0 Å². The first-order valence-corrected chi connectivity index (χ1v) is 13.7. The van der Waals surface area contributed by atoms with Gasteiger partial charge in [0.05, 0.1) is 12.1 Å². The van der Waals surface area contributed by atoms with Crippen molar-refractivity contribution in [1.82, 2.24) is 9.80 Å². The molecule has 36 heavy (non-hydrogen) atoms. The molecule has 5 rings (SSSR count). The molecular weight excluding hydrogens is 484 g/mol. The topological polar surface area (TPSA) is 40.6 Å². The van der Waals surface area contributed by atoms with Crippen LogP contribution in [0.3, 0.4) is 0 Å². The van der Waals surface area contributed by atoms with Crippen LogP contribution in [-0.4, -0.2) is 33.5 Å². The molecule has 0 bridgehead atoms. The second kappa shape index (κ2) is 11.1. The molecule has 0 N–H and O–H groups in total. The van der Waals surface area contributed by atoms with Gasteiger partial charge in [-0.1, -0.05) is 132 Å². The number of nitrogens with zero attached hydrogens (tertiary/aromatic N) is 2. The van der Waals surface area contributed by atoms with Gasteiger partial charge in [0.25, 0.3) is 5.91 Å². The molecule has 0 saturated carbocycles. The first-order chi connectivity index (χ1) is 17.7. The molecule has 6 heteroatoms. The van der Waals surface area contributed by atoms with Crippen molar-refractivity contribution >= 4 is 34.3 Å². The highest BCUT2D eigenvalue weighted by atomic mass is 33.1. The Morgan fingerprint density at radius 2 is 0.972 bits per heavy atom. The number of piperazine rings is 1. The average molecular weight is 511 g/mol. The zero-order chi connectivity index (χ0) is 24.9. The van der Waals surface area contributed by atoms with E-state index in [0.717, 1.165) is 33.0 Å². The normalized spacial score (nSPS) is 16.1. The Balaban J connectivity index is 1.58. The van der Waals surface area contributed by atoms with Gasteiger partial charge < -0.3 is 9.80 Å². The van der Waals surface area contributed by atoms with E-state index >= 15 is 0 Å². The summed E-state index contributed by atoms with van der Waals surface area (Å²) in [6.45, 7) is -0.0196. The van der Waals surface area contributed by atoms with E-state index in [2.05, 4.69) is 11.7 Å². The molecule has 4 aromatic carbocycles. The molecule has 1 unspecified atom stereocenters. The molecule has 0 radical (unpaired) electrons. The maximum atomic E-state index is 14.1. The van der Waals surface area contributed by atoms with Crippen molar-refractivity contribution in [3.63, 3.8) is 0 Å². The molecule has 4 aromatic rings. The molecule has 1 atom stereocenters. The fourth-order valence-electron chi connectivity index (χ4n) is 4.90. The highest BCUT2D eigenvalue weighted by Gasteiger charge is 2.46. The number of carbonyl (C=O) groups excluding carboxylic acids is 2. The van der Waals surface area contributed by atoms with Crippen LogP contribution < -0.4 is 0 Å². The lowest BCUT2D eigenvalue weighted by atomic mass is 9.94. The van der Waals surface area contributed by atoms with Crippen LogP contribution in [0.1, 0.15) is 34.3 Å². The predicted octanol–water partition coefficient (Wildman–Crippen LogP) is 6.14. The highest BCUT2D eigenvalue weighted by molar-refractivity contribution is 8.69. The molecular formula is C30H26N2O2S2. The SMILES string of the molecule is O=C1C(SS)N(C(c2ccccc2)c2ccccc2)C(=O)CN1C(c1ccccc1)c1ccccc1. The summed E-state index contributed by atoms with van der Waals surface area (Å²) in [4.78, 5) is 31.5. The Morgan fingerprint density at radius 1 is 0.611 bits per heavy atom. The van der Waals surface area contributed by atoms with Crippen LogP contribution in [0, 0.1) is 0 Å². The lowest BCUT2D eigenvalue weighted by molar-refractivity contribution is -0.155. The predicted molar refractivity (Wildman–Crippen MR) is 148 cm³/mol. The van der Waals surface area contributed by atoms with E-state index in [1.165, 1.54) is 0 Å². The van der Waals surface area contributed by atoms with Gasteiger partial charge in [0.15, 0.2) is 5.37 Å². The molecule has 1 aliphatic heterocycles. The molecule has 2 amide bonds. The third-order valence-corrected chi connectivity index (χ3v) is 7.72. The standard InChI is InChI=1S/C30H26N2O2S2/c33-26-21-31(27(22-13-5-1-6-14-22)23-15-7-2-8-16-23)29(34)30(36-35)32(26)28(24-17-9-3-10-18-24)25-19-11-4-12-20-25/h1-20,27-28,30,35H,21H2. The van der Waals surface area contributed by atoms with E-state index < -0.39 is 11.4 Å². The third kappa shape index (κ3) is 4.79. The summed E-state index contributed by atoms with van der Waals surface area (Å²) in [5.41, 5.74) is 3.83. The third-order valence-electron chi connectivity index (χ3n) is 6.49. The molecule has 0 aliphatic carbocycles. The van der Waals surface area contributed by atoms with Gasteiger partial charge in [0.2, 0.25) is 5.91 Å². The lowest BCUT2D eigenvalue weighted by Crippen LogP contribution is -2.60. The van der Waals surface area contributed by atoms with Crippen molar-refractivity contribution in [3.05, 3.63) is 144 Å². The number of hydrogen-bond donors (Lipinski definition) is 1. The molecule has 4 nitrogen and oxygen atoms in total. The molecule has 1 fully saturated rings. The average Bonchev–Trinajstić information content (AvgIpc) is 2.94. The molecule has 1 heterocycles. The maximum Gasteiger partial charge on any atom is 0.258 e. The Hall–Kier alpha value is -3.48. The molecule has 1 saturated heterocycles. The van der Waals surface area contributed by atoms with Crippen molar-refractivity contribution in [3.8, 4) is 0 Å². The van der Waals surface area contributed by atoms with Crippen molar-refractivity contribution in [2.45, 2.75) is 17.5 Å². The molecule has 1 aliphatic rings. The van der Waals surface area contributed by atoms with Crippen LogP contribution in [-0.2, 0) is 9.59 Å². The maximum absolute atomic E-state index is 14.1. The highest BCUT2D eigenvalue weighted by Crippen LogP contribution is 2.40. The number of rotatable bonds is 7. The van der Waals surface area contributed by atoms with Crippen molar-refractivity contribution in [2.24, 2.45) is 0 Å². The van der Waals surface area contributed by atoms with E-state index in [-0.39, 0.29) is 24.4 Å². The summed E-state index contributed by atoms with van der Waals surface area (Å²) in [5, 5.41) is -0.782. The Bertz CT molecular complexity index is 1230. The van der Waals surface area contributed by atoms with Gasteiger partial charge in [-0.2, -0.15) is 0 Å². The molecule has 0 aromatic heterocycles. The smallest absolute Gasteiger partial charge is 0.258 e. The lowest BCUT2D eigenvalue weighted by Gasteiger charge is -2.46. The first-order valence-electron chi connectivity index (χ1n) is 11.8. The largest absolute Gasteiger partial charge is 0.320 e. The minimum absolute atomic E-state index is 0.0196. The zero-order valence-corrected chi connectivity index (χ0v) is 21.3. The fraction of sp³-hybridized carbons (Fsp3) is 0.133. The number of carbonyl (C=O) groups is 2. The van der Waals surface area contributed by atoms with Crippen LogP contribution in [0.2, 0.25) is 0 Å². The number of thiol groups is 1. The van der Waals surface area contributed by atoms with Crippen molar-refractivity contribution in [1.29, 1.82) is 0 Å². The van der Waals surface area contributed by atoms with E-state index in [4.69, 9.17) is 0 Å². The Kier molecular flexibility index (Phi) is 7.44. The number of hydrogen-bond acceptors (Lipinski definition) is 4. The second-order valence-corrected chi connectivity index (χ2v) is 9.96. The first kappa shape index (κ1) is 24.2. The minimum Gasteiger partial charge on any atom is -0.320 e. The van der Waals surface area contributed by atoms with E-state index in [1.807, 2.05) is 121 Å². The Morgan fingerprint density at radius 3 is 1.33 bits per heavy atom. The monoisotopic (exact) mass is 510 g/mol. The van der Waals surface area contributed by atoms with E-state index in [1.54, 1.807) is 9.80 Å². The number of amides is 2. The summed E-state index contributed by atoms with van der Waals surface area (Å²) in [6.07, 6.45) is 0. The van der Waals surface area contributed by atoms with Gasteiger partial charge in [-0.25, -0.2) is 0 Å². The second-order valence-electron chi connectivity index (χ2n) is 8.67. The van der Waals surface area contributed by atoms with Gasteiger partial charge in [0.1, 0.15) is 6.54 Å². The van der Waals surface area contributed by atoms with E-state index in [9.17, 15) is 9.59 Å². The summed E-state index contributed by atoms with van der Waals surface area (Å²) in [7, 11) is 1.10. The van der Waals surface area contributed by atoms with Crippen LogP contribution in [0.4, 0.5) is 0 Å². The molecule has 180 valence electrons. The van der Waals surface area contributed by atoms with Crippen LogP contribution in [0.25, 0.3) is 0 Å². The van der Waals surface area contributed by atoms with Crippen molar-refractivity contribution < 1.29 is 9.59 Å². The minimum atomic E-state index is -0.782. The van der Waals surface area contributed by atoms with Gasteiger partial charge in [-0.3, -0.25) is 9.59 Å². The van der Waals surface area contributed by atoms with Crippen molar-refractivity contribution in [2.75, 3.05) is 6.54 Å². The summed E-state index contributed by atoms with van der Waals surface area (Å²) < 4.78 is 0. The van der Waals surface area contributed by atoms with Crippen LogP contribution in [0.15, 0.2) is 121 Å². The summed E-state index contributed by atoms with van der Waals surface area (Å²) in [5.74, 6) is -0.250. The fourth-order valence-corrected chi connectivity index (χ4v) is 6.04. The summed E-state index contributed by atoms with van der Waals surface area (Å²) >= 11 is 4.50. The van der Waals surface area contributed by atoms with Crippen LogP contribution in [0.5, 0.6) is 0 Å². The number of benzene rings is 4. The Labute approximate surface area is 220 Å². The zero-order valence-electron chi connectivity index (χ0n) is 19.6. The molecule has 0 spiro atoms. The summed E-state index contributed by atoms with van der Waals surface area (Å²) in [6, 6.07) is 38.7. The van der Waals surface area contributed by atoms with Gasteiger partial charge in [-0.05, 0) is 22.3 Å². The van der Waals surface area contributed by atoms with Gasteiger partial charge in [0, 0.05) is 0 Å².